The Kier molecular flexibility index (Phi) is 3.91. The quantitative estimate of drug-likeness (QED) is 0.901. The lowest BCUT2D eigenvalue weighted by Crippen LogP contribution is -2.41. The Bertz CT molecular complexity index is 511. The van der Waals surface area contributed by atoms with Crippen molar-refractivity contribution in [1.29, 1.82) is 0 Å². The molecule has 1 aromatic rings. The number of benzene rings is 1. The Morgan fingerprint density at radius 1 is 1.50 bits per heavy atom. The predicted octanol–water partition coefficient (Wildman–Crippen LogP) is 2.19. The minimum Gasteiger partial charge on any atom is -0.480 e. The van der Waals surface area contributed by atoms with Crippen molar-refractivity contribution in [2.45, 2.75) is 6.04 Å². The van der Waals surface area contributed by atoms with Crippen molar-refractivity contribution in [2.24, 2.45) is 0 Å². The molecule has 1 aliphatic rings. The van der Waals surface area contributed by atoms with E-state index < -0.39 is 23.7 Å². The fourth-order valence-electron chi connectivity index (χ4n) is 1.67. The summed E-state index contributed by atoms with van der Waals surface area (Å²) in [6, 6.07) is 2.90. The van der Waals surface area contributed by atoms with E-state index in [-0.39, 0.29) is 5.56 Å². The lowest BCUT2D eigenvalue weighted by Gasteiger charge is -2.21. The van der Waals surface area contributed by atoms with Crippen LogP contribution in [0.5, 0.6) is 0 Å². The van der Waals surface area contributed by atoms with Gasteiger partial charge in [0, 0.05) is 10.2 Å². The second-order valence-corrected chi connectivity index (χ2v) is 5.61. The summed E-state index contributed by atoms with van der Waals surface area (Å²) in [5.74, 6) is -1.17. The molecule has 1 N–H and O–H groups in total. The average Bonchev–Trinajstić information content (AvgIpc) is 2.77. The van der Waals surface area contributed by atoms with Gasteiger partial charge in [-0.25, -0.2) is 9.18 Å². The summed E-state index contributed by atoms with van der Waals surface area (Å²) in [7, 11) is 0. The normalized spacial score (nSPS) is 19.0. The molecule has 1 aromatic carbocycles. The number of thioether (sulfide) groups is 1. The number of hydrogen-bond acceptors (Lipinski definition) is 3. The Hall–Kier alpha value is -1.08. The Labute approximate surface area is 115 Å². The van der Waals surface area contributed by atoms with Crippen LogP contribution in [-0.4, -0.2) is 39.6 Å². The van der Waals surface area contributed by atoms with Gasteiger partial charge in [-0.15, -0.1) is 11.8 Å². The van der Waals surface area contributed by atoms with Crippen molar-refractivity contribution >= 4 is 39.6 Å². The summed E-state index contributed by atoms with van der Waals surface area (Å²) in [6.45, 7) is 0. The summed E-state index contributed by atoms with van der Waals surface area (Å²) >= 11 is 4.50. The summed E-state index contributed by atoms with van der Waals surface area (Å²) < 4.78 is 13.3. The molecule has 0 saturated carbocycles. The number of halogens is 2. The van der Waals surface area contributed by atoms with Crippen LogP contribution < -0.4 is 0 Å². The largest absolute Gasteiger partial charge is 0.480 e. The number of aliphatic carboxylic acids is 1. The van der Waals surface area contributed by atoms with E-state index in [1.165, 1.54) is 34.9 Å². The highest BCUT2D eigenvalue weighted by molar-refractivity contribution is 9.10. The smallest absolute Gasteiger partial charge is 0.327 e. The molecule has 1 atom stereocenters. The number of hydrogen-bond donors (Lipinski definition) is 1. The third kappa shape index (κ3) is 2.51. The van der Waals surface area contributed by atoms with Crippen LogP contribution in [0.25, 0.3) is 0 Å². The van der Waals surface area contributed by atoms with Crippen LogP contribution in [0.2, 0.25) is 0 Å². The number of carbonyl (C=O) groups is 2. The molecule has 0 unspecified atom stereocenters. The monoisotopic (exact) mass is 333 g/mol. The van der Waals surface area contributed by atoms with E-state index >= 15 is 0 Å². The molecule has 1 fully saturated rings. The van der Waals surface area contributed by atoms with Gasteiger partial charge >= 0.3 is 5.97 Å². The van der Waals surface area contributed by atoms with E-state index in [9.17, 15) is 14.0 Å². The molecule has 96 valence electrons. The number of amides is 1. The Morgan fingerprint density at radius 2 is 2.22 bits per heavy atom. The van der Waals surface area contributed by atoms with Gasteiger partial charge in [0.05, 0.1) is 11.4 Å². The summed E-state index contributed by atoms with van der Waals surface area (Å²) in [5.41, 5.74) is 0.269. The highest BCUT2D eigenvalue weighted by Crippen LogP contribution is 2.26. The van der Waals surface area contributed by atoms with Gasteiger partial charge in [-0.05, 0) is 34.1 Å². The van der Waals surface area contributed by atoms with E-state index in [4.69, 9.17) is 5.11 Å². The molecule has 1 amide bonds. The van der Waals surface area contributed by atoms with Crippen LogP contribution in [0.1, 0.15) is 10.4 Å². The third-order valence-corrected chi connectivity index (χ3v) is 4.26. The van der Waals surface area contributed by atoms with Crippen molar-refractivity contribution in [2.75, 3.05) is 11.6 Å². The molecule has 18 heavy (non-hydrogen) atoms. The van der Waals surface area contributed by atoms with Gasteiger partial charge in [-0.1, -0.05) is 0 Å². The third-order valence-electron chi connectivity index (χ3n) is 2.59. The summed E-state index contributed by atoms with van der Waals surface area (Å²) in [6.07, 6.45) is 0. The fourth-order valence-corrected chi connectivity index (χ4v) is 3.33. The molecule has 1 saturated heterocycles. The molecule has 0 aliphatic carbocycles. The molecule has 0 bridgehead atoms. The van der Waals surface area contributed by atoms with Gasteiger partial charge in [0.15, 0.2) is 0 Å². The number of carbonyl (C=O) groups excluding carboxylic acids is 1. The maximum absolute atomic E-state index is 12.9. The van der Waals surface area contributed by atoms with Gasteiger partial charge in [0.25, 0.3) is 5.91 Å². The SMILES string of the molecule is O=C(O)[C@@H]1CSCN1C(=O)c1ccc(F)cc1Br. The summed E-state index contributed by atoms with van der Waals surface area (Å²) in [4.78, 5) is 24.5. The van der Waals surface area contributed by atoms with Crippen molar-refractivity contribution in [3.8, 4) is 0 Å². The van der Waals surface area contributed by atoms with Crippen molar-refractivity contribution < 1.29 is 19.1 Å². The molecule has 0 spiro atoms. The zero-order valence-corrected chi connectivity index (χ0v) is 11.5. The van der Waals surface area contributed by atoms with E-state index in [0.29, 0.717) is 16.1 Å². The standard InChI is InChI=1S/C11H9BrFNO3S/c12-8-3-6(13)1-2-7(8)10(15)14-5-18-4-9(14)11(16)17/h1-3,9H,4-5H2,(H,16,17)/t9-/m0/s1. The van der Waals surface area contributed by atoms with Crippen molar-refractivity contribution in [3.05, 3.63) is 34.1 Å². The first-order chi connectivity index (χ1) is 8.50. The first-order valence-corrected chi connectivity index (χ1v) is 7.02. The molecule has 0 radical (unpaired) electrons. The maximum Gasteiger partial charge on any atom is 0.327 e. The van der Waals surface area contributed by atoms with E-state index in [1.807, 2.05) is 0 Å². The number of rotatable bonds is 2. The van der Waals surface area contributed by atoms with E-state index in [2.05, 4.69) is 15.9 Å². The zero-order valence-electron chi connectivity index (χ0n) is 9.10. The molecule has 0 aromatic heterocycles. The van der Waals surface area contributed by atoms with E-state index in [1.54, 1.807) is 0 Å². The van der Waals surface area contributed by atoms with Crippen molar-refractivity contribution in [1.82, 2.24) is 4.90 Å². The predicted molar refractivity (Wildman–Crippen MR) is 69.0 cm³/mol. The first kappa shape index (κ1) is 13.4. The molecule has 1 aliphatic heterocycles. The molecule has 7 heteroatoms. The highest BCUT2D eigenvalue weighted by Gasteiger charge is 2.35. The number of carboxylic acids is 1. The van der Waals surface area contributed by atoms with Crippen molar-refractivity contribution in [3.63, 3.8) is 0 Å². The van der Waals surface area contributed by atoms with Crippen LogP contribution in [0, 0.1) is 5.82 Å². The van der Waals surface area contributed by atoms with Gasteiger partial charge < -0.3 is 10.0 Å². The minimum atomic E-state index is -1.02. The number of carboxylic acid groups (broad SMARTS) is 1. The van der Waals surface area contributed by atoms with Gasteiger partial charge in [0.1, 0.15) is 11.9 Å². The second kappa shape index (κ2) is 5.27. The Balaban J connectivity index is 2.28. The summed E-state index contributed by atoms with van der Waals surface area (Å²) in [5, 5.41) is 9.01. The number of nitrogens with zero attached hydrogens (tertiary/aromatic N) is 1. The first-order valence-electron chi connectivity index (χ1n) is 5.07. The second-order valence-electron chi connectivity index (χ2n) is 3.75. The molecule has 2 rings (SSSR count). The average molecular weight is 334 g/mol. The minimum absolute atomic E-state index is 0.269. The van der Waals surface area contributed by atoms with Crippen LogP contribution in [0.4, 0.5) is 4.39 Å². The maximum atomic E-state index is 12.9. The van der Waals surface area contributed by atoms with Crippen LogP contribution >= 0.6 is 27.7 Å². The fraction of sp³-hybridized carbons (Fsp3) is 0.273. The molecular formula is C11H9BrFNO3S. The lowest BCUT2D eigenvalue weighted by molar-refractivity contribution is -0.140. The Morgan fingerprint density at radius 3 is 2.83 bits per heavy atom. The van der Waals surface area contributed by atoms with Gasteiger partial charge in [-0.2, -0.15) is 0 Å². The zero-order chi connectivity index (χ0) is 13.3. The van der Waals surface area contributed by atoms with Crippen LogP contribution in [0.15, 0.2) is 22.7 Å². The molecular weight excluding hydrogens is 325 g/mol. The molecule has 1 heterocycles. The van der Waals surface area contributed by atoms with Crippen LogP contribution in [-0.2, 0) is 4.79 Å². The molecule has 4 nitrogen and oxygen atoms in total. The topological polar surface area (TPSA) is 57.6 Å². The lowest BCUT2D eigenvalue weighted by atomic mass is 10.1. The van der Waals surface area contributed by atoms with Gasteiger partial charge in [-0.3, -0.25) is 4.79 Å². The van der Waals surface area contributed by atoms with Gasteiger partial charge in [0.2, 0.25) is 0 Å². The van der Waals surface area contributed by atoms with Crippen LogP contribution in [0.3, 0.4) is 0 Å². The highest BCUT2D eigenvalue weighted by atomic mass is 79.9. The van der Waals surface area contributed by atoms with E-state index in [0.717, 1.165) is 0 Å².